The molecule has 0 aromatic heterocycles. The van der Waals surface area contributed by atoms with E-state index in [4.69, 9.17) is 10.3 Å². The molecule has 2 aliphatic rings. The van der Waals surface area contributed by atoms with Gasteiger partial charge in [-0.05, 0) is 37.5 Å². The Bertz CT molecular complexity index is 755. The number of benzene rings is 1. The second-order valence-electron chi connectivity index (χ2n) is 8.04. The fourth-order valence-electron chi connectivity index (χ4n) is 4.06. The topological polar surface area (TPSA) is 75.0 Å². The highest BCUT2D eigenvalue weighted by molar-refractivity contribution is 5.80. The van der Waals surface area contributed by atoms with Crippen molar-refractivity contribution < 1.29 is 4.79 Å². The Morgan fingerprint density at radius 1 is 1.07 bits per heavy atom. The number of guanidine groups is 1. The molecule has 3 rings (SSSR count). The van der Waals surface area contributed by atoms with Gasteiger partial charge in [-0.3, -0.25) is 9.69 Å². The van der Waals surface area contributed by atoms with Crippen LogP contribution in [-0.2, 0) is 11.3 Å². The van der Waals surface area contributed by atoms with E-state index in [0.29, 0.717) is 18.7 Å². The summed E-state index contributed by atoms with van der Waals surface area (Å²) in [6.45, 7) is 9.25. The van der Waals surface area contributed by atoms with Gasteiger partial charge in [-0.25, -0.2) is 4.99 Å². The number of hydrogen-bond donors (Lipinski definition) is 1. The van der Waals surface area contributed by atoms with Crippen LogP contribution in [-0.4, -0.2) is 78.9 Å². The molecule has 30 heavy (non-hydrogen) atoms. The van der Waals surface area contributed by atoms with Gasteiger partial charge in [0, 0.05) is 45.8 Å². The lowest BCUT2D eigenvalue weighted by Crippen LogP contribution is -2.54. The maximum absolute atomic E-state index is 12.7. The van der Waals surface area contributed by atoms with Gasteiger partial charge in [0.05, 0.1) is 24.7 Å². The number of likely N-dealkylation sites (tertiary alicyclic amines) is 1. The van der Waals surface area contributed by atoms with Gasteiger partial charge in [0.15, 0.2) is 5.96 Å². The molecule has 2 aliphatic heterocycles. The summed E-state index contributed by atoms with van der Waals surface area (Å²) in [6, 6.07) is 9.78. The quantitative estimate of drug-likeness (QED) is 0.594. The molecule has 1 amide bonds. The van der Waals surface area contributed by atoms with Crippen molar-refractivity contribution >= 4 is 11.9 Å². The first kappa shape index (κ1) is 22.1. The lowest BCUT2D eigenvalue weighted by atomic mass is 10.1. The summed E-state index contributed by atoms with van der Waals surface area (Å²) in [6.07, 6.45) is 4.77. The van der Waals surface area contributed by atoms with Gasteiger partial charge in [-0.1, -0.05) is 25.0 Å². The van der Waals surface area contributed by atoms with E-state index in [9.17, 15) is 4.79 Å². The molecule has 0 aliphatic carbocycles. The number of amides is 1. The van der Waals surface area contributed by atoms with Crippen LogP contribution in [0.1, 0.15) is 43.7 Å². The molecular formula is C23H34N6O. The Morgan fingerprint density at radius 2 is 1.80 bits per heavy atom. The van der Waals surface area contributed by atoms with E-state index in [2.05, 4.69) is 33.0 Å². The van der Waals surface area contributed by atoms with Crippen LogP contribution in [0.5, 0.6) is 0 Å². The molecule has 0 spiro atoms. The predicted molar refractivity (Wildman–Crippen MR) is 119 cm³/mol. The van der Waals surface area contributed by atoms with Crippen molar-refractivity contribution in [2.24, 2.45) is 4.99 Å². The molecule has 162 valence electrons. The van der Waals surface area contributed by atoms with E-state index in [1.165, 1.54) is 12.8 Å². The van der Waals surface area contributed by atoms with Gasteiger partial charge < -0.3 is 15.1 Å². The molecule has 1 aromatic rings. The number of nitrogens with one attached hydrogen (secondary N) is 1. The molecule has 7 nitrogen and oxygen atoms in total. The monoisotopic (exact) mass is 410 g/mol. The smallest absolute Gasteiger partial charge is 0.236 e. The fourth-order valence-corrected chi connectivity index (χ4v) is 4.06. The molecule has 2 saturated heterocycles. The third-order valence-electron chi connectivity index (χ3n) is 5.79. The first-order chi connectivity index (χ1) is 14.7. The lowest BCUT2D eigenvalue weighted by Gasteiger charge is -2.37. The molecule has 0 radical (unpaired) electrons. The zero-order valence-corrected chi connectivity index (χ0v) is 18.1. The first-order valence-electron chi connectivity index (χ1n) is 11.2. The highest BCUT2D eigenvalue weighted by Gasteiger charge is 2.23. The van der Waals surface area contributed by atoms with Crippen molar-refractivity contribution in [3.8, 4) is 6.07 Å². The van der Waals surface area contributed by atoms with Gasteiger partial charge in [-0.15, -0.1) is 0 Å². The molecule has 0 unspecified atom stereocenters. The van der Waals surface area contributed by atoms with Crippen molar-refractivity contribution in [3.63, 3.8) is 0 Å². The minimum Gasteiger partial charge on any atom is -0.357 e. The molecular weight excluding hydrogens is 376 g/mol. The van der Waals surface area contributed by atoms with Crippen LogP contribution in [0.4, 0.5) is 0 Å². The number of piperazine rings is 1. The first-order valence-corrected chi connectivity index (χ1v) is 11.2. The van der Waals surface area contributed by atoms with Crippen molar-refractivity contribution in [2.45, 2.75) is 39.2 Å². The van der Waals surface area contributed by atoms with E-state index < -0.39 is 0 Å². The average Bonchev–Trinajstić information content (AvgIpc) is 3.07. The van der Waals surface area contributed by atoms with Gasteiger partial charge in [0.1, 0.15) is 0 Å². The van der Waals surface area contributed by atoms with Gasteiger partial charge in [0.25, 0.3) is 0 Å². The Kier molecular flexibility index (Phi) is 8.52. The summed E-state index contributed by atoms with van der Waals surface area (Å²) < 4.78 is 0. The fraction of sp³-hybridized carbons (Fsp3) is 0.609. The van der Waals surface area contributed by atoms with Crippen LogP contribution < -0.4 is 5.32 Å². The number of hydrogen-bond acceptors (Lipinski definition) is 4. The van der Waals surface area contributed by atoms with E-state index in [1.807, 2.05) is 24.3 Å². The number of nitriles is 1. The molecule has 0 bridgehead atoms. The lowest BCUT2D eigenvalue weighted by molar-refractivity contribution is -0.132. The SMILES string of the molecule is CCNC(=NCc1cccc(C#N)c1)N1CCN(CC(=O)N2CCCCCC2)CC1. The summed E-state index contributed by atoms with van der Waals surface area (Å²) in [5.74, 6) is 1.18. The van der Waals surface area contributed by atoms with Crippen LogP contribution >= 0.6 is 0 Å². The molecule has 0 saturated carbocycles. The molecule has 1 N–H and O–H groups in total. The second kappa shape index (κ2) is 11.6. The molecule has 1 aromatic carbocycles. The summed E-state index contributed by atoms with van der Waals surface area (Å²) in [4.78, 5) is 24.0. The van der Waals surface area contributed by atoms with Crippen LogP contribution in [0.25, 0.3) is 0 Å². The molecule has 0 atom stereocenters. The van der Waals surface area contributed by atoms with Crippen molar-refractivity contribution in [1.29, 1.82) is 5.26 Å². The second-order valence-corrected chi connectivity index (χ2v) is 8.04. The number of rotatable bonds is 5. The van der Waals surface area contributed by atoms with E-state index in [1.54, 1.807) is 0 Å². The third kappa shape index (κ3) is 6.46. The molecule has 2 heterocycles. The number of nitrogens with zero attached hydrogens (tertiary/aromatic N) is 5. The summed E-state index contributed by atoms with van der Waals surface area (Å²) >= 11 is 0. The van der Waals surface area contributed by atoms with Gasteiger partial charge in [-0.2, -0.15) is 5.26 Å². The van der Waals surface area contributed by atoms with Crippen LogP contribution in [0, 0.1) is 11.3 Å². The van der Waals surface area contributed by atoms with Gasteiger partial charge >= 0.3 is 0 Å². The maximum atomic E-state index is 12.7. The van der Waals surface area contributed by atoms with Crippen molar-refractivity contribution in [2.75, 3.05) is 52.4 Å². The average molecular weight is 411 g/mol. The Balaban J connectivity index is 1.51. The zero-order chi connectivity index (χ0) is 21.2. The van der Waals surface area contributed by atoms with E-state index >= 15 is 0 Å². The normalized spacial score (nSPS) is 18.6. The molecule has 7 heteroatoms. The van der Waals surface area contributed by atoms with Crippen LogP contribution in [0.15, 0.2) is 29.3 Å². The minimum absolute atomic E-state index is 0.281. The third-order valence-corrected chi connectivity index (χ3v) is 5.79. The standard InChI is InChI=1S/C23H34N6O/c1-2-25-23(26-18-21-9-7-8-20(16-21)17-24)29-14-12-27(13-15-29)19-22(30)28-10-5-3-4-6-11-28/h7-9,16H,2-6,10-15,18-19H2,1H3,(H,25,26). The molecule has 2 fully saturated rings. The zero-order valence-electron chi connectivity index (χ0n) is 18.1. The van der Waals surface area contributed by atoms with E-state index in [-0.39, 0.29) is 5.91 Å². The van der Waals surface area contributed by atoms with E-state index in [0.717, 1.165) is 70.2 Å². The Hall–Kier alpha value is -2.59. The summed E-state index contributed by atoms with van der Waals surface area (Å²) in [7, 11) is 0. The largest absolute Gasteiger partial charge is 0.357 e. The van der Waals surface area contributed by atoms with Gasteiger partial charge in [0.2, 0.25) is 5.91 Å². The predicted octanol–water partition coefficient (Wildman–Crippen LogP) is 2.04. The highest BCUT2D eigenvalue weighted by atomic mass is 16.2. The highest BCUT2D eigenvalue weighted by Crippen LogP contribution is 2.11. The number of aliphatic imine (C=N–C) groups is 1. The Morgan fingerprint density at radius 3 is 2.47 bits per heavy atom. The number of carbonyl (C=O) groups is 1. The van der Waals surface area contributed by atoms with Crippen molar-refractivity contribution in [1.82, 2.24) is 20.0 Å². The Labute approximate surface area is 180 Å². The van der Waals surface area contributed by atoms with Crippen LogP contribution in [0.2, 0.25) is 0 Å². The van der Waals surface area contributed by atoms with Crippen LogP contribution in [0.3, 0.4) is 0 Å². The maximum Gasteiger partial charge on any atom is 0.236 e. The minimum atomic E-state index is 0.281. The summed E-state index contributed by atoms with van der Waals surface area (Å²) in [5, 5.41) is 12.5. The summed E-state index contributed by atoms with van der Waals surface area (Å²) in [5.41, 5.74) is 1.70. The van der Waals surface area contributed by atoms with Crippen molar-refractivity contribution in [3.05, 3.63) is 35.4 Å². The number of carbonyl (C=O) groups excluding carboxylic acids is 1.